The van der Waals surface area contributed by atoms with Crippen LogP contribution in [0.4, 0.5) is 0 Å². The third kappa shape index (κ3) is 63.9. The van der Waals surface area contributed by atoms with Gasteiger partial charge in [0.05, 0.1) is 0 Å². The Hall–Kier alpha value is -2.89. The summed E-state index contributed by atoms with van der Waals surface area (Å²) in [4.78, 5) is 38.3. The Morgan fingerprint density at radius 1 is 0.256 bits per heavy atom. The average Bonchev–Trinajstić information content (AvgIpc) is 3.44. The standard InChI is InChI=1S/C72H130O6/c1-4-7-10-13-16-19-22-24-26-28-30-32-33-34-35-36-37-38-39-41-42-44-46-48-50-53-56-59-62-65-71(74)77-68-69(67-76-70(73)64-61-58-55-52-21-18-15-12-9-6-3)78-72(75)66-63-60-57-54-51-49-47-45-43-40-31-29-27-25-23-20-17-14-11-8-5-2/h12,15,22,24,28-31,33-34,69H,4-11,13-14,16-21,23,25-27,32,35-68H2,1-3H3/b15-12-,24-22-,30-28-,31-29-,34-33-. The zero-order valence-corrected chi connectivity index (χ0v) is 52.2. The summed E-state index contributed by atoms with van der Waals surface area (Å²) in [7, 11) is 0. The molecule has 6 nitrogen and oxygen atoms in total. The fourth-order valence-corrected chi connectivity index (χ4v) is 10.0. The molecular weight excluding hydrogens is 961 g/mol. The lowest BCUT2D eigenvalue weighted by Gasteiger charge is -2.18. The van der Waals surface area contributed by atoms with Gasteiger partial charge in [0.15, 0.2) is 6.10 Å². The highest BCUT2D eigenvalue weighted by Crippen LogP contribution is 2.17. The van der Waals surface area contributed by atoms with Gasteiger partial charge in [-0.25, -0.2) is 0 Å². The highest BCUT2D eigenvalue weighted by atomic mass is 16.6. The minimum atomic E-state index is -0.778. The van der Waals surface area contributed by atoms with Crippen molar-refractivity contribution in [3.8, 4) is 0 Å². The van der Waals surface area contributed by atoms with E-state index in [1.807, 2.05) is 0 Å². The molecule has 0 bridgehead atoms. The highest BCUT2D eigenvalue weighted by Gasteiger charge is 2.19. The summed E-state index contributed by atoms with van der Waals surface area (Å²) in [5, 5.41) is 0. The van der Waals surface area contributed by atoms with Gasteiger partial charge in [0.25, 0.3) is 0 Å². The van der Waals surface area contributed by atoms with Crippen molar-refractivity contribution in [3.63, 3.8) is 0 Å². The molecule has 0 N–H and O–H groups in total. The number of unbranched alkanes of at least 4 members (excludes halogenated alkanes) is 42. The fourth-order valence-electron chi connectivity index (χ4n) is 10.0. The van der Waals surface area contributed by atoms with Gasteiger partial charge in [-0.2, -0.15) is 0 Å². The number of hydrogen-bond acceptors (Lipinski definition) is 6. The largest absolute Gasteiger partial charge is 0.462 e. The number of rotatable bonds is 63. The van der Waals surface area contributed by atoms with Crippen molar-refractivity contribution in [1.82, 2.24) is 0 Å². The molecule has 0 aromatic rings. The second-order valence-corrected chi connectivity index (χ2v) is 23.1. The Morgan fingerprint density at radius 2 is 0.487 bits per heavy atom. The Kier molecular flexibility index (Phi) is 64.2. The Balaban J connectivity index is 4.17. The van der Waals surface area contributed by atoms with E-state index >= 15 is 0 Å². The van der Waals surface area contributed by atoms with E-state index in [0.717, 1.165) is 83.5 Å². The fraction of sp³-hybridized carbons (Fsp3) is 0.819. The molecule has 0 aliphatic heterocycles. The van der Waals surface area contributed by atoms with Gasteiger partial charge in [-0.1, -0.05) is 300 Å². The second-order valence-electron chi connectivity index (χ2n) is 23.1. The lowest BCUT2D eigenvalue weighted by atomic mass is 10.0. The summed E-state index contributed by atoms with van der Waals surface area (Å²) >= 11 is 0. The number of hydrogen-bond donors (Lipinski definition) is 0. The van der Waals surface area contributed by atoms with Gasteiger partial charge in [-0.3, -0.25) is 14.4 Å². The Labute approximate surface area is 485 Å². The molecule has 0 aromatic heterocycles. The minimum Gasteiger partial charge on any atom is -0.462 e. The maximum Gasteiger partial charge on any atom is 0.306 e. The molecule has 0 saturated heterocycles. The van der Waals surface area contributed by atoms with Crippen molar-refractivity contribution < 1.29 is 28.6 Å². The zero-order valence-electron chi connectivity index (χ0n) is 52.2. The van der Waals surface area contributed by atoms with Crippen molar-refractivity contribution in [1.29, 1.82) is 0 Å². The van der Waals surface area contributed by atoms with Crippen molar-refractivity contribution in [2.24, 2.45) is 0 Å². The van der Waals surface area contributed by atoms with Crippen LogP contribution in [0.1, 0.15) is 361 Å². The van der Waals surface area contributed by atoms with Crippen LogP contribution in [-0.2, 0) is 28.6 Å². The average molecular weight is 1090 g/mol. The molecule has 0 heterocycles. The van der Waals surface area contributed by atoms with Gasteiger partial charge in [0, 0.05) is 19.3 Å². The summed E-state index contributed by atoms with van der Waals surface area (Å²) in [6.07, 6.45) is 85.4. The molecule has 0 aliphatic carbocycles. The molecule has 0 aromatic carbocycles. The topological polar surface area (TPSA) is 78.9 Å². The minimum absolute atomic E-state index is 0.0753. The van der Waals surface area contributed by atoms with E-state index in [9.17, 15) is 14.4 Å². The number of ether oxygens (including phenoxy) is 3. The van der Waals surface area contributed by atoms with E-state index in [1.165, 1.54) is 238 Å². The molecule has 6 heteroatoms. The quantitative estimate of drug-likeness (QED) is 0.0261. The summed E-state index contributed by atoms with van der Waals surface area (Å²) in [6, 6.07) is 0. The normalized spacial score (nSPS) is 12.4. The molecule has 0 radical (unpaired) electrons. The molecule has 1 unspecified atom stereocenters. The number of allylic oxidation sites excluding steroid dienone is 10. The van der Waals surface area contributed by atoms with E-state index in [0.29, 0.717) is 19.3 Å². The van der Waals surface area contributed by atoms with E-state index in [4.69, 9.17) is 14.2 Å². The zero-order chi connectivity index (χ0) is 56.4. The maximum atomic E-state index is 12.9. The molecule has 0 amide bonds. The van der Waals surface area contributed by atoms with Crippen LogP contribution >= 0.6 is 0 Å². The molecule has 454 valence electrons. The second kappa shape index (κ2) is 66.6. The molecule has 0 saturated carbocycles. The van der Waals surface area contributed by atoms with Crippen molar-refractivity contribution in [2.75, 3.05) is 13.2 Å². The van der Waals surface area contributed by atoms with Gasteiger partial charge in [0.2, 0.25) is 0 Å². The van der Waals surface area contributed by atoms with E-state index in [1.54, 1.807) is 0 Å². The summed E-state index contributed by atoms with van der Waals surface area (Å²) in [5.41, 5.74) is 0. The Morgan fingerprint density at radius 3 is 0.782 bits per heavy atom. The van der Waals surface area contributed by atoms with Gasteiger partial charge in [0.1, 0.15) is 13.2 Å². The summed E-state index contributed by atoms with van der Waals surface area (Å²) < 4.78 is 16.9. The molecule has 0 rings (SSSR count). The van der Waals surface area contributed by atoms with E-state index < -0.39 is 6.10 Å². The van der Waals surface area contributed by atoms with Crippen LogP contribution in [0.5, 0.6) is 0 Å². The van der Waals surface area contributed by atoms with Crippen molar-refractivity contribution in [3.05, 3.63) is 60.8 Å². The maximum absolute atomic E-state index is 12.9. The van der Waals surface area contributed by atoms with E-state index in [2.05, 4.69) is 81.5 Å². The first-order valence-corrected chi connectivity index (χ1v) is 34.3. The smallest absolute Gasteiger partial charge is 0.306 e. The first kappa shape index (κ1) is 75.1. The van der Waals surface area contributed by atoms with Crippen LogP contribution in [-0.4, -0.2) is 37.2 Å². The predicted molar refractivity (Wildman–Crippen MR) is 339 cm³/mol. The van der Waals surface area contributed by atoms with Gasteiger partial charge in [-0.05, 0) is 103 Å². The van der Waals surface area contributed by atoms with Crippen LogP contribution in [0.15, 0.2) is 60.8 Å². The van der Waals surface area contributed by atoms with Crippen molar-refractivity contribution in [2.45, 2.75) is 367 Å². The van der Waals surface area contributed by atoms with Gasteiger partial charge in [-0.15, -0.1) is 0 Å². The van der Waals surface area contributed by atoms with Crippen molar-refractivity contribution >= 4 is 17.9 Å². The van der Waals surface area contributed by atoms with Crippen LogP contribution < -0.4 is 0 Å². The van der Waals surface area contributed by atoms with Gasteiger partial charge < -0.3 is 14.2 Å². The first-order valence-electron chi connectivity index (χ1n) is 34.3. The molecule has 0 aliphatic rings. The number of esters is 3. The monoisotopic (exact) mass is 1090 g/mol. The highest BCUT2D eigenvalue weighted by molar-refractivity contribution is 5.71. The first-order chi connectivity index (χ1) is 38.5. The van der Waals surface area contributed by atoms with Gasteiger partial charge >= 0.3 is 17.9 Å². The molecule has 0 fully saturated rings. The Bertz CT molecular complexity index is 1390. The molecule has 1 atom stereocenters. The van der Waals surface area contributed by atoms with Crippen LogP contribution in [0, 0.1) is 0 Å². The SMILES string of the molecule is CCC/C=C\CCCCCCCC(=O)OCC(COC(=O)CCCCCCCCCCCCCCCC/C=C\C/C=C\C/C=C\CCCCCCC)OC(=O)CCCCCCCCCCC/C=C\CCCCCCCCCC. The number of carbonyl (C=O) groups excluding carboxylic acids is 3. The molecule has 78 heavy (non-hydrogen) atoms. The van der Waals surface area contributed by atoms with Crippen LogP contribution in [0.25, 0.3) is 0 Å². The van der Waals surface area contributed by atoms with E-state index in [-0.39, 0.29) is 31.1 Å². The predicted octanol–water partition coefficient (Wildman–Crippen LogP) is 23.5. The summed E-state index contributed by atoms with van der Waals surface area (Å²) in [6.45, 7) is 6.60. The summed E-state index contributed by atoms with van der Waals surface area (Å²) in [5.74, 6) is -0.871. The van der Waals surface area contributed by atoms with Crippen LogP contribution in [0.3, 0.4) is 0 Å². The lowest BCUT2D eigenvalue weighted by molar-refractivity contribution is -0.167. The lowest BCUT2D eigenvalue weighted by Crippen LogP contribution is -2.30. The van der Waals surface area contributed by atoms with Crippen LogP contribution in [0.2, 0.25) is 0 Å². The number of carbonyl (C=O) groups is 3. The molecular formula is C72H130O6. The molecule has 0 spiro atoms. The third-order valence-corrected chi connectivity index (χ3v) is 15.2. The third-order valence-electron chi connectivity index (χ3n) is 15.2.